The molecule has 0 amide bonds. The number of para-hydroxylation sites is 1. The van der Waals surface area contributed by atoms with Gasteiger partial charge in [0.25, 0.3) is 0 Å². The zero-order chi connectivity index (χ0) is 18.0. The van der Waals surface area contributed by atoms with Gasteiger partial charge in [0.1, 0.15) is 15.7 Å². The summed E-state index contributed by atoms with van der Waals surface area (Å²) >= 11 is 0. The first-order chi connectivity index (χ1) is 11.9. The quantitative estimate of drug-likeness (QED) is 0.360. The molecule has 0 fully saturated rings. The maximum atomic E-state index is 12.2. The summed E-state index contributed by atoms with van der Waals surface area (Å²) in [6, 6.07) is 7.42. The Morgan fingerprint density at radius 3 is 2.76 bits per heavy atom. The van der Waals surface area contributed by atoms with Crippen LogP contribution in [0, 0.1) is 5.21 Å². The third-order valence-corrected chi connectivity index (χ3v) is 4.99. The Bertz CT molecular complexity index is 1010. The van der Waals surface area contributed by atoms with Crippen LogP contribution in [0.5, 0.6) is 0 Å². The number of hydrogen-bond donors (Lipinski definition) is 0. The first kappa shape index (κ1) is 17.6. The number of benzene rings is 1. The van der Waals surface area contributed by atoms with E-state index in [1.807, 2.05) is 25.1 Å². The van der Waals surface area contributed by atoms with E-state index >= 15 is 0 Å². The van der Waals surface area contributed by atoms with Crippen LogP contribution in [-0.4, -0.2) is 43.2 Å². The van der Waals surface area contributed by atoms with Crippen molar-refractivity contribution in [3.63, 3.8) is 0 Å². The molecule has 0 unspecified atom stereocenters. The summed E-state index contributed by atoms with van der Waals surface area (Å²) in [5.41, 5.74) is 2.16. The molecular formula is C17H21N3O4S. The molecule has 0 aliphatic carbocycles. The van der Waals surface area contributed by atoms with Crippen LogP contribution in [0.2, 0.25) is 0 Å². The van der Waals surface area contributed by atoms with Crippen LogP contribution in [-0.2, 0) is 27.5 Å². The Hall–Kier alpha value is -2.19. The Kier molecular flexibility index (Phi) is 4.91. The fraction of sp³-hybridized carbons (Fsp3) is 0.412. The van der Waals surface area contributed by atoms with Gasteiger partial charge in [-0.15, -0.1) is 0 Å². The second kappa shape index (κ2) is 6.97. The van der Waals surface area contributed by atoms with Gasteiger partial charge in [0.05, 0.1) is 29.9 Å². The molecule has 0 atom stereocenters. The second-order valence-electron chi connectivity index (χ2n) is 5.98. The molecule has 0 aliphatic heterocycles. The molecule has 7 nitrogen and oxygen atoms in total. The van der Waals surface area contributed by atoms with Gasteiger partial charge in [-0.05, 0) is 6.07 Å². The lowest BCUT2D eigenvalue weighted by atomic mass is 10.2. The first-order valence-corrected chi connectivity index (χ1v) is 10.2. The van der Waals surface area contributed by atoms with Gasteiger partial charge >= 0.3 is 0 Å². The number of pyridine rings is 1. The molecule has 3 aromatic rings. The van der Waals surface area contributed by atoms with Crippen molar-refractivity contribution in [1.29, 1.82) is 0 Å². The first-order valence-electron chi connectivity index (χ1n) is 8.16. The molecule has 1 aromatic carbocycles. The smallest absolute Gasteiger partial charge is 0.226 e. The average Bonchev–Trinajstić information content (AvgIpc) is 2.91. The molecular weight excluding hydrogens is 342 g/mol. The maximum absolute atomic E-state index is 12.2. The molecule has 0 N–H and O–H groups in total. The van der Waals surface area contributed by atoms with E-state index in [0.29, 0.717) is 24.2 Å². The summed E-state index contributed by atoms with van der Waals surface area (Å²) in [4.78, 5) is 4.57. The van der Waals surface area contributed by atoms with Crippen molar-refractivity contribution in [2.24, 2.45) is 0 Å². The van der Waals surface area contributed by atoms with Gasteiger partial charge in [-0.3, -0.25) is 0 Å². The lowest BCUT2D eigenvalue weighted by molar-refractivity contribution is -0.575. The van der Waals surface area contributed by atoms with Crippen molar-refractivity contribution in [1.82, 2.24) is 9.55 Å². The largest absolute Gasteiger partial charge is 0.618 e. The van der Waals surface area contributed by atoms with E-state index in [0.717, 1.165) is 27.9 Å². The number of rotatable bonds is 7. The molecule has 2 aromatic heterocycles. The van der Waals surface area contributed by atoms with Crippen molar-refractivity contribution in [3.8, 4) is 0 Å². The fourth-order valence-corrected chi connectivity index (χ4v) is 3.34. The normalized spacial score (nSPS) is 12.2. The van der Waals surface area contributed by atoms with Crippen LogP contribution < -0.4 is 4.73 Å². The Balaban J connectivity index is 1.92. The number of imidazole rings is 1. The third kappa shape index (κ3) is 3.74. The summed E-state index contributed by atoms with van der Waals surface area (Å²) in [7, 11) is -3.02. The molecule has 0 saturated carbocycles. The van der Waals surface area contributed by atoms with Crippen LogP contribution in [0.25, 0.3) is 21.9 Å². The number of fused-ring (bicyclic) bond motifs is 3. The highest BCUT2D eigenvalue weighted by Gasteiger charge is 2.17. The summed E-state index contributed by atoms with van der Waals surface area (Å²) in [5.74, 6) is 0.885. The van der Waals surface area contributed by atoms with Gasteiger partial charge in [-0.2, -0.15) is 4.73 Å². The van der Waals surface area contributed by atoms with E-state index in [1.165, 1.54) is 12.5 Å². The van der Waals surface area contributed by atoms with Crippen LogP contribution in [0.3, 0.4) is 0 Å². The minimum Gasteiger partial charge on any atom is -0.618 e. The van der Waals surface area contributed by atoms with Crippen LogP contribution in [0.15, 0.2) is 30.5 Å². The number of aryl methyl sites for hydroxylation is 1. The molecule has 8 heteroatoms. The number of aromatic nitrogens is 3. The molecule has 3 rings (SSSR count). The lowest BCUT2D eigenvalue weighted by Gasteiger charge is -2.10. The van der Waals surface area contributed by atoms with Crippen LogP contribution in [0.1, 0.15) is 12.7 Å². The minimum absolute atomic E-state index is 0.0113. The van der Waals surface area contributed by atoms with Crippen molar-refractivity contribution >= 4 is 31.8 Å². The maximum Gasteiger partial charge on any atom is 0.226 e. The van der Waals surface area contributed by atoms with E-state index in [4.69, 9.17) is 4.74 Å². The highest BCUT2D eigenvalue weighted by molar-refractivity contribution is 7.90. The second-order valence-corrected chi connectivity index (χ2v) is 8.24. The molecule has 0 radical (unpaired) electrons. The zero-order valence-corrected chi connectivity index (χ0v) is 15.1. The minimum atomic E-state index is -3.02. The van der Waals surface area contributed by atoms with E-state index in [-0.39, 0.29) is 12.4 Å². The van der Waals surface area contributed by atoms with E-state index in [2.05, 4.69) is 9.55 Å². The Labute approximate surface area is 146 Å². The number of nitrogens with zero attached hydrogens (tertiary/aromatic N) is 3. The summed E-state index contributed by atoms with van der Waals surface area (Å²) in [5, 5.41) is 13.0. The van der Waals surface area contributed by atoms with Gasteiger partial charge in [0, 0.05) is 25.3 Å². The SMILES string of the molecule is CCc1nc2c[n+]([O-])c3ccccc3c2n1CCOCCS(C)(=O)=O. The highest BCUT2D eigenvalue weighted by Crippen LogP contribution is 2.24. The Morgan fingerprint density at radius 1 is 1.28 bits per heavy atom. The van der Waals surface area contributed by atoms with E-state index in [9.17, 15) is 13.6 Å². The zero-order valence-electron chi connectivity index (χ0n) is 14.3. The number of ether oxygens (including phenoxy) is 1. The van der Waals surface area contributed by atoms with Crippen molar-refractivity contribution < 1.29 is 17.9 Å². The summed E-state index contributed by atoms with van der Waals surface area (Å²) < 4.78 is 30.7. The highest BCUT2D eigenvalue weighted by atomic mass is 32.2. The molecule has 0 aliphatic rings. The molecule has 134 valence electrons. The predicted octanol–water partition coefficient (Wildman–Crippen LogP) is 1.45. The van der Waals surface area contributed by atoms with E-state index in [1.54, 1.807) is 6.07 Å². The van der Waals surface area contributed by atoms with Gasteiger partial charge in [-0.1, -0.05) is 19.1 Å². The van der Waals surface area contributed by atoms with Gasteiger partial charge in [-0.25, -0.2) is 13.4 Å². The fourth-order valence-electron chi connectivity index (χ4n) is 2.92. The molecule has 0 saturated heterocycles. The topological polar surface area (TPSA) is 88.1 Å². The Morgan fingerprint density at radius 2 is 2.04 bits per heavy atom. The lowest BCUT2D eigenvalue weighted by Crippen LogP contribution is -2.26. The average molecular weight is 363 g/mol. The van der Waals surface area contributed by atoms with Gasteiger partial charge in [0.15, 0.2) is 5.52 Å². The predicted molar refractivity (Wildman–Crippen MR) is 96.1 cm³/mol. The number of sulfone groups is 1. The van der Waals surface area contributed by atoms with E-state index < -0.39 is 9.84 Å². The van der Waals surface area contributed by atoms with Crippen molar-refractivity contribution in [3.05, 3.63) is 41.5 Å². The molecule has 25 heavy (non-hydrogen) atoms. The van der Waals surface area contributed by atoms with Gasteiger partial charge in [0.2, 0.25) is 11.7 Å². The summed E-state index contributed by atoms with van der Waals surface area (Å²) in [6.07, 6.45) is 3.42. The van der Waals surface area contributed by atoms with Crippen LogP contribution >= 0.6 is 0 Å². The molecule has 0 spiro atoms. The summed E-state index contributed by atoms with van der Waals surface area (Å²) in [6.45, 7) is 3.12. The number of hydrogen-bond acceptors (Lipinski definition) is 5. The van der Waals surface area contributed by atoms with Crippen LogP contribution in [0.4, 0.5) is 0 Å². The standard InChI is InChI=1S/C17H21N3O4S/c1-3-16-18-14-12-20(21)15-7-5-4-6-13(15)17(14)19(16)8-9-24-10-11-25(2,22)23/h4-7,12H,3,8-11H2,1-2H3. The van der Waals surface area contributed by atoms with Gasteiger partial charge < -0.3 is 14.5 Å². The molecule has 2 heterocycles. The van der Waals surface area contributed by atoms with Crippen molar-refractivity contribution in [2.45, 2.75) is 19.9 Å². The monoisotopic (exact) mass is 363 g/mol. The van der Waals surface area contributed by atoms with Crippen molar-refractivity contribution in [2.75, 3.05) is 25.2 Å². The molecule has 0 bridgehead atoms. The third-order valence-electron chi connectivity index (χ3n) is 4.08.